The van der Waals surface area contributed by atoms with E-state index in [4.69, 9.17) is 15.5 Å². The summed E-state index contributed by atoms with van der Waals surface area (Å²) in [6, 6.07) is 0. The lowest BCUT2D eigenvalue weighted by Gasteiger charge is -2.13. The van der Waals surface area contributed by atoms with Gasteiger partial charge in [-0.3, -0.25) is 0 Å². The molecule has 65 valence electrons. The number of hydrogen-bond donors (Lipinski definition) is 3. The maximum atomic E-state index is 10.2. The first-order chi connectivity index (χ1) is 4.87. The molecule has 0 atom stereocenters. The molecule has 0 rings (SSSR count). The van der Waals surface area contributed by atoms with E-state index in [1.807, 2.05) is 0 Å². The Bertz CT molecular complexity index is 199. The fraction of sp³-hybridized carbons (Fsp3) is 0.500. The van der Waals surface area contributed by atoms with Gasteiger partial charge in [0.05, 0.1) is 0 Å². The molecule has 0 saturated heterocycles. The van der Waals surface area contributed by atoms with Gasteiger partial charge in [0.15, 0.2) is 0 Å². The van der Waals surface area contributed by atoms with Crippen LogP contribution in [-0.2, 0) is 4.57 Å². The van der Waals surface area contributed by atoms with Gasteiger partial charge in [-0.25, -0.2) is 4.57 Å². The van der Waals surface area contributed by atoms with E-state index in [9.17, 15) is 4.57 Å². The molecule has 6 nitrogen and oxygen atoms in total. The molecule has 0 aromatic carbocycles. The van der Waals surface area contributed by atoms with Crippen LogP contribution < -0.4 is 5.73 Å². The molecule has 0 aromatic heterocycles. The molecule has 4 N–H and O–H groups in total. The van der Waals surface area contributed by atoms with Crippen LogP contribution in [0.1, 0.15) is 6.92 Å². The van der Waals surface area contributed by atoms with E-state index in [1.54, 1.807) is 6.92 Å². The molecule has 1 radical (unpaired) electrons. The Kier molecular flexibility index (Phi) is 3.51. The van der Waals surface area contributed by atoms with E-state index in [2.05, 4.69) is 4.76 Å². The maximum absolute atomic E-state index is 10.2. The lowest BCUT2D eigenvalue weighted by molar-refractivity contribution is 0.374. The molecule has 0 amide bonds. The molecule has 0 aromatic rings. The average molecular weight is 180 g/mol. The van der Waals surface area contributed by atoms with Gasteiger partial charge < -0.3 is 20.4 Å². The van der Waals surface area contributed by atoms with E-state index >= 15 is 0 Å². The summed E-state index contributed by atoms with van der Waals surface area (Å²) in [6.07, 6.45) is 0. The SMILES string of the molecule is C[CH]N(C)/C(N)=N/P(=O)(O)O. The Balaban J connectivity index is 4.34. The topological polar surface area (TPSA) is 99.2 Å². The van der Waals surface area contributed by atoms with Crippen LogP contribution in [0.5, 0.6) is 0 Å². The predicted molar refractivity (Wildman–Crippen MR) is 41.4 cm³/mol. The van der Waals surface area contributed by atoms with Gasteiger partial charge in [-0.05, 0) is 6.92 Å². The first kappa shape index (κ1) is 10.4. The molecule has 0 heterocycles. The normalized spacial score (nSPS) is 13.3. The quantitative estimate of drug-likeness (QED) is 0.302. The molecule has 0 unspecified atom stereocenters. The number of guanidine groups is 1. The molecular formula is C4H11N3O3P. The highest BCUT2D eigenvalue weighted by Gasteiger charge is 2.12. The van der Waals surface area contributed by atoms with Crippen molar-refractivity contribution in [1.82, 2.24) is 4.90 Å². The highest BCUT2D eigenvalue weighted by molar-refractivity contribution is 7.50. The van der Waals surface area contributed by atoms with Crippen molar-refractivity contribution in [2.24, 2.45) is 10.5 Å². The van der Waals surface area contributed by atoms with E-state index in [0.717, 1.165) is 0 Å². The Hall–Kier alpha value is -0.580. The van der Waals surface area contributed by atoms with Crippen LogP contribution in [0.4, 0.5) is 0 Å². The van der Waals surface area contributed by atoms with Crippen LogP contribution in [-0.4, -0.2) is 27.7 Å². The highest BCUT2D eigenvalue weighted by atomic mass is 31.2. The zero-order valence-electron chi connectivity index (χ0n) is 6.30. The molecule has 0 spiro atoms. The van der Waals surface area contributed by atoms with E-state index in [0.29, 0.717) is 0 Å². The summed E-state index contributed by atoms with van der Waals surface area (Å²) in [7, 11) is -2.85. The van der Waals surface area contributed by atoms with Crippen molar-refractivity contribution in [3.8, 4) is 0 Å². The molecule has 0 fully saturated rings. The third-order valence-electron chi connectivity index (χ3n) is 0.981. The van der Waals surface area contributed by atoms with Crippen molar-refractivity contribution >= 4 is 13.7 Å². The summed E-state index contributed by atoms with van der Waals surface area (Å²) in [6.45, 7) is 3.20. The molecule has 0 aliphatic rings. The minimum atomic E-state index is -4.39. The summed E-state index contributed by atoms with van der Waals surface area (Å²) in [5, 5.41) is 0. The van der Waals surface area contributed by atoms with E-state index in [1.165, 1.54) is 18.5 Å². The minimum absolute atomic E-state index is 0.208. The maximum Gasteiger partial charge on any atom is 0.451 e. The van der Waals surface area contributed by atoms with Gasteiger partial charge in [0.1, 0.15) is 0 Å². The Morgan fingerprint density at radius 3 is 2.45 bits per heavy atom. The second-order valence-corrected chi connectivity index (χ2v) is 3.07. The van der Waals surface area contributed by atoms with Crippen molar-refractivity contribution in [3.63, 3.8) is 0 Å². The molecule has 7 heteroatoms. The molecule has 11 heavy (non-hydrogen) atoms. The largest absolute Gasteiger partial charge is 0.451 e. The lowest BCUT2D eigenvalue weighted by atomic mass is 10.6. The van der Waals surface area contributed by atoms with Gasteiger partial charge in [0.25, 0.3) is 0 Å². The van der Waals surface area contributed by atoms with Gasteiger partial charge in [0, 0.05) is 13.6 Å². The van der Waals surface area contributed by atoms with Crippen LogP contribution >= 0.6 is 7.75 Å². The monoisotopic (exact) mass is 180 g/mol. The van der Waals surface area contributed by atoms with Crippen molar-refractivity contribution in [1.29, 1.82) is 0 Å². The standard InChI is InChI=1S/C4H11N3O3P/c1-3-7(2)4(5)6-11(8,9)10/h3H,1-2H3,(H4,5,6,8,9,10). The first-order valence-electron chi connectivity index (χ1n) is 2.80. The minimum Gasteiger partial charge on any atom is -0.369 e. The van der Waals surface area contributed by atoms with Gasteiger partial charge in [-0.2, -0.15) is 0 Å². The summed E-state index contributed by atoms with van der Waals surface area (Å²) < 4.78 is 13.2. The van der Waals surface area contributed by atoms with Crippen LogP contribution in [0.3, 0.4) is 0 Å². The van der Waals surface area contributed by atoms with Gasteiger partial charge in [0.2, 0.25) is 5.96 Å². The third kappa shape index (κ3) is 4.78. The second-order valence-electron chi connectivity index (χ2n) is 1.84. The Labute approximate surface area is 64.9 Å². The van der Waals surface area contributed by atoms with Crippen LogP contribution in [0.15, 0.2) is 4.76 Å². The van der Waals surface area contributed by atoms with Crippen molar-refractivity contribution in [2.45, 2.75) is 6.92 Å². The second kappa shape index (κ2) is 3.71. The zero-order chi connectivity index (χ0) is 9.07. The van der Waals surface area contributed by atoms with Crippen molar-refractivity contribution < 1.29 is 14.4 Å². The zero-order valence-corrected chi connectivity index (χ0v) is 7.19. The first-order valence-corrected chi connectivity index (χ1v) is 4.37. The van der Waals surface area contributed by atoms with Crippen molar-refractivity contribution in [2.75, 3.05) is 7.05 Å². The van der Waals surface area contributed by atoms with Crippen LogP contribution in [0.2, 0.25) is 0 Å². The summed E-state index contributed by atoms with van der Waals surface area (Å²) >= 11 is 0. The highest BCUT2D eigenvalue weighted by Crippen LogP contribution is 2.35. The van der Waals surface area contributed by atoms with E-state index < -0.39 is 7.75 Å². The summed E-state index contributed by atoms with van der Waals surface area (Å²) in [5.41, 5.74) is 5.17. The fourth-order valence-corrected chi connectivity index (χ4v) is 0.744. The van der Waals surface area contributed by atoms with Gasteiger partial charge >= 0.3 is 7.75 Å². The molecular weight excluding hydrogens is 169 g/mol. The summed E-state index contributed by atoms with van der Waals surface area (Å²) in [5.74, 6) is -0.208. The molecule has 0 aliphatic heterocycles. The lowest BCUT2D eigenvalue weighted by Crippen LogP contribution is -2.30. The summed E-state index contributed by atoms with van der Waals surface area (Å²) in [4.78, 5) is 18.0. The Morgan fingerprint density at radius 2 is 2.18 bits per heavy atom. The molecule has 0 saturated carbocycles. The van der Waals surface area contributed by atoms with Crippen molar-refractivity contribution in [3.05, 3.63) is 6.54 Å². The number of nitrogens with two attached hydrogens (primary N) is 1. The number of hydrogen-bond acceptors (Lipinski definition) is 1. The Morgan fingerprint density at radius 1 is 1.73 bits per heavy atom. The molecule has 0 aliphatic carbocycles. The van der Waals surface area contributed by atoms with Crippen LogP contribution in [0.25, 0.3) is 0 Å². The van der Waals surface area contributed by atoms with E-state index in [-0.39, 0.29) is 5.96 Å². The van der Waals surface area contributed by atoms with Gasteiger partial charge in [-0.1, -0.05) is 0 Å². The molecule has 0 bridgehead atoms. The van der Waals surface area contributed by atoms with Gasteiger partial charge in [-0.15, -0.1) is 4.76 Å². The predicted octanol–water partition coefficient (Wildman–Crippen LogP) is -0.493. The smallest absolute Gasteiger partial charge is 0.369 e. The van der Waals surface area contributed by atoms with Crippen LogP contribution in [0, 0.1) is 6.54 Å². The number of rotatable bonds is 2. The number of nitrogens with zero attached hydrogens (tertiary/aromatic N) is 2. The fourth-order valence-electron chi connectivity index (χ4n) is 0.336. The average Bonchev–Trinajstić information content (AvgIpc) is 1.82. The third-order valence-corrected chi connectivity index (χ3v) is 1.45.